The molecule has 118 valence electrons. The fraction of sp³-hybridized carbons (Fsp3) is 0.214. The zero-order valence-electron chi connectivity index (χ0n) is 12.1. The predicted octanol–water partition coefficient (Wildman–Crippen LogP) is 1.56. The van der Waals surface area contributed by atoms with E-state index in [1.807, 2.05) is 6.92 Å². The molecule has 0 aliphatic carbocycles. The van der Waals surface area contributed by atoms with Crippen LogP contribution in [0.5, 0.6) is 5.88 Å². The molecule has 2 aromatic rings. The number of nitrogens with zero attached hydrogens (tertiary/aromatic N) is 4. The monoisotopic (exact) mass is 330 g/mol. The molecule has 0 bridgehead atoms. The van der Waals surface area contributed by atoms with Crippen LogP contribution in [-0.4, -0.2) is 30.8 Å². The lowest BCUT2D eigenvalue weighted by atomic mass is 10.3. The highest BCUT2D eigenvalue weighted by molar-refractivity contribution is 7.80. The zero-order valence-corrected chi connectivity index (χ0v) is 12.9. The summed E-state index contributed by atoms with van der Waals surface area (Å²) in [5, 5.41) is 11.9. The molecule has 0 fully saturated rings. The number of terminal acetylenes is 1. The Morgan fingerprint density at radius 2 is 2.13 bits per heavy atom. The molecule has 1 N–H and O–H groups in total. The molecular formula is C14H12N5O3S-. The summed E-state index contributed by atoms with van der Waals surface area (Å²) in [7, 11) is 0. The normalized spacial score (nSPS) is 15.7. The summed E-state index contributed by atoms with van der Waals surface area (Å²) in [5.41, 5.74) is 1.06. The second kappa shape index (κ2) is 5.83. The number of hydrogen-bond donors (Lipinski definition) is 1. The highest BCUT2D eigenvalue weighted by atomic mass is 32.2. The van der Waals surface area contributed by atoms with Crippen molar-refractivity contribution in [2.24, 2.45) is 10.2 Å². The van der Waals surface area contributed by atoms with Gasteiger partial charge in [-0.15, -0.1) is 16.7 Å². The minimum Gasteiger partial charge on any atom is -0.755 e. The molecular weight excluding hydrogens is 318 g/mol. The molecule has 2 heterocycles. The first-order chi connectivity index (χ1) is 11.0. The van der Waals surface area contributed by atoms with Crippen molar-refractivity contribution < 1.29 is 13.5 Å². The summed E-state index contributed by atoms with van der Waals surface area (Å²) in [6.07, 6.45) is 5.35. The Morgan fingerprint density at radius 3 is 2.70 bits per heavy atom. The van der Waals surface area contributed by atoms with Crippen molar-refractivity contribution in [2.75, 3.05) is 11.3 Å². The van der Waals surface area contributed by atoms with E-state index in [1.54, 1.807) is 35.0 Å². The first kappa shape index (κ1) is 15.2. The Kier molecular flexibility index (Phi) is 3.85. The summed E-state index contributed by atoms with van der Waals surface area (Å²) >= 11 is -2.36. The van der Waals surface area contributed by atoms with Crippen LogP contribution in [0.1, 0.15) is 5.69 Å². The van der Waals surface area contributed by atoms with Crippen LogP contribution in [0, 0.1) is 19.3 Å². The van der Waals surface area contributed by atoms with Gasteiger partial charge in [0.1, 0.15) is 0 Å². The van der Waals surface area contributed by atoms with Gasteiger partial charge in [0.05, 0.1) is 11.4 Å². The Bertz CT molecular complexity index is 816. The van der Waals surface area contributed by atoms with Gasteiger partial charge in [-0.2, -0.15) is 5.10 Å². The highest BCUT2D eigenvalue weighted by Gasteiger charge is 2.39. The number of ether oxygens (including phenoxy) is 1. The maximum absolute atomic E-state index is 10.6. The van der Waals surface area contributed by atoms with E-state index in [2.05, 4.69) is 26.0 Å². The lowest BCUT2D eigenvalue weighted by Gasteiger charge is -2.12. The van der Waals surface area contributed by atoms with E-state index in [-0.39, 0.29) is 6.61 Å². The third-order valence-corrected chi connectivity index (χ3v) is 3.51. The fourth-order valence-corrected chi connectivity index (χ4v) is 2.25. The second-order valence-electron chi connectivity index (χ2n) is 4.87. The molecule has 0 amide bonds. The number of benzene rings is 1. The third-order valence-electron chi connectivity index (χ3n) is 3.11. The molecule has 1 aliphatic rings. The Hall–Kier alpha value is -2.70. The van der Waals surface area contributed by atoms with Crippen molar-refractivity contribution in [3.8, 4) is 23.9 Å². The first-order valence-corrected chi connectivity index (χ1v) is 7.66. The topological polar surface area (TPSA) is 104 Å². The maximum atomic E-state index is 10.6. The SMILES string of the molecule is C#CC1(COc2cc(C)nn2-c2ccc(NS(=O)[O-])cc2)N=N1. The van der Waals surface area contributed by atoms with E-state index in [0.717, 1.165) is 11.4 Å². The third kappa shape index (κ3) is 3.39. The van der Waals surface area contributed by atoms with E-state index >= 15 is 0 Å². The van der Waals surface area contributed by atoms with Crippen LogP contribution in [0.2, 0.25) is 0 Å². The number of aryl methyl sites for hydroxylation is 1. The quantitative estimate of drug-likeness (QED) is 0.641. The lowest BCUT2D eigenvalue weighted by molar-refractivity contribution is 0.275. The number of hydrogen-bond acceptors (Lipinski definition) is 6. The van der Waals surface area contributed by atoms with Crippen LogP contribution in [-0.2, 0) is 11.3 Å². The molecule has 0 radical (unpaired) electrons. The molecule has 1 aromatic carbocycles. The van der Waals surface area contributed by atoms with Crippen molar-refractivity contribution in [1.82, 2.24) is 9.78 Å². The highest BCUT2D eigenvalue weighted by Crippen LogP contribution is 2.29. The average molecular weight is 330 g/mol. The molecule has 1 aromatic heterocycles. The summed E-state index contributed by atoms with van der Waals surface area (Å²) in [6, 6.07) is 8.46. The Balaban J connectivity index is 1.79. The summed E-state index contributed by atoms with van der Waals surface area (Å²) in [5.74, 6) is 2.96. The van der Waals surface area contributed by atoms with Gasteiger partial charge in [-0.1, -0.05) is 0 Å². The smallest absolute Gasteiger partial charge is 0.283 e. The number of nitrogens with one attached hydrogen (secondary N) is 1. The largest absolute Gasteiger partial charge is 0.755 e. The molecule has 0 saturated heterocycles. The lowest BCUT2D eigenvalue weighted by Crippen LogP contribution is -2.20. The average Bonchev–Trinajstić information content (AvgIpc) is 3.21. The molecule has 9 heteroatoms. The first-order valence-electron chi connectivity index (χ1n) is 6.59. The minimum absolute atomic E-state index is 0.142. The fourth-order valence-electron chi connectivity index (χ4n) is 1.92. The predicted molar refractivity (Wildman–Crippen MR) is 82.8 cm³/mol. The van der Waals surface area contributed by atoms with Crippen molar-refractivity contribution in [2.45, 2.75) is 12.6 Å². The summed E-state index contributed by atoms with van der Waals surface area (Å²) in [4.78, 5) is 0. The van der Waals surface area contributed by atoms with Crippen LogP contribution in [0.15, 0.2) is 40.6 Å². The summed E-state index contributed by atoms with van der Waals surface area (Å²) < 4.78 is 30.8. The van der Waals surface area contributed by atoms with Crippen molar-refractivity contribution in [3.63, 3.8) is 0 Å². The van der Waals surface area contributed by atoms with Gasteiger partial charge in [0.2, 0.25) is 5.88 Å². The van der Waals surface area contributed by atoms with E-state index < -0.39 is 16.9 Å². The number of anilines is 1. The van der Waals surface area contributed by atoms with E-state index in [9.17, 15) is 8.76 Å². The van der Waals surface area contributed by atoms with Gasteiger partial charge in [0.15, 0.2) is 6.61 Å². The number of aromatic nitrogens is 2. The molecule has 23 heavy (non-hydrogen) atoms. The Morgan fingerprint density at radius 1 is 1.43 bits per heavy atom. The standard InChI is InChI=1S/C14H13N5O3S/c1-3-14(17-18-14)9-22-13-8-10(2)15-19(13)12-6-4-11(5-7-12)16-23(20)21/h1,4-8,16H,9H2,2H3,(H,20,21)/p-1. The van der Waals surface area contributed by atoms with Crippen LogP contribution < -0.4 is 9.46 Å². The van der Waals surface area contributed by atoms with Crippen molar-refractivity contribution in [3.05, 3.63) is 36.0 Å². The zero-order chi connectivity index (χ0) is 16.4. The van der Waals surface area contributed by atoms with Gasteiger partial charge >= 0.3 is 0 Å². The van der Waals surface area contributed by atoms with Gasteiger partial charge in [-0.25, -0.2) is 4.68 Å². The van der Waals surface area contributed by atoms with Crippen LogP contribution in [0.25, 0.3) is 5.69 Å². The van der Waals surface area contributed by atoms with Gasteiger partial charge in [-0.3, -0.25) is 4.21 Å². The van der Waals surface area contributed by atoms with E-state index in [1.165, 1.54) is 0 Å². The van der Waals surface area contributed by atoms with Crippen LogP contribution in [0.4, 0.5) is 5.69 Å². The molecule has 1 atom stereocenters. The molecule has 1 unspecified atom stereocenters. The molecule has 3 rings (SSSR count). The van der Waals surface area contributed by atoms with Gasteiger partial charge in [0.25, 0.3) is 5.66 Å². The van der Waals surface area contributed by atoms with Crippen LogP contribution >= 0.6 is 0 Å². The van der Waals surface area contributed by atoms with Gasteiger partial charge in [0, 0.05) is 23.0 Å². The van der Waals surface area contributed by atoms with Gasteiger partial charge in [-0.05, 0) is 37.1 Å². The maximum Gasteiger partial charge on any atom is 0.283 e. The van der Waals surface area contributed by atoms with E-state index in [4.69, 9.17) is 11.2 Å². The number of rotatable bonds is 6. The van der Waals surface area contributed by atoms with Gasteiger partial charge < -0.3 is 14.0 Å². The molecule has 1 aliphatic heterocycles. The van der Waals surface area contributed by atoms with Crippen molar-refractivity contribution in [1.29, 1.82) is 0 Å². The van der Waals surface area contributed by atoms with Crippen molar-refractivity contribution >= 4 is 17.0 Å². The van der Waals surface area contributed by atoms with Crippen LogP contribution in [0.3, 0.4) is 0 Å². The summed E-state index contributed by atoms with van der Waals surface area (Å²) in [6.45, 7) is 1.98. The molecule has 0 spiro atoms. The minimum atomic E-state index is -2.36. The Labute approximate surface area is 135 Å². The molecule has 0 saturated carbocycles. The van der Waals surface area contributed by atoms with E-state index in [0.29, 0.717) is 11.6 Å². The second-order valence-corrected chi connectivity index (χ2v) is 5.54. The molecule has 8 nitrogen and oxygen atoms in total.